The van der Waals surface area contributed by atoms with Gasteiger partial charge in [0.05, 0.1) is 7.11 Å². The monoisotopic (exact) mass is 257 g/mol. The van der Waals surface area contributed by atoms with Gasteiger partial charge >= 0.3 is 5.97 Å². The predicted octanol–water partition coefficient (Wildman–Crippen LogP) is 3.23. The summed E-state index contributed by atoms with van der Waals surface area (Å²) in [5, 5.41) is 4.07. The Balaban J connectivity index is 2.50. The van der Waals surface area contributed by atoms with Crippen molar-refractivity contribution in [2.45, 2.75) is 13.8 Å². The smallest absolute Gasteiger partial charge is 0.330 e. The Morgan fingerprint density at radius 3 is 2.63 bits per heavy atom. The van der Waals surface area contributed by atoms with E-state index in [-0.39, 0.29) is 0 Å². The van der Waals surface area contributed by atoms with Gasteiger partial charge < -0.3 is 9.26 Å². The standard InChI is InChI=1S/C15H15NO3/c1-10(9-13(17)18-3)14-11(2)19-16-15(14)12-7-5-4-6-8-12/h4-9H,1-3H3. The summed E-state index contributed by atoms with van der Waals surface area (Å²) < 4.78 is 9.88. The lowest BCUT2D eigenvalue weighted by molar-refractivity contribution is -0.134. The first-order valence-corrected chi connectivity index (χ1v) is 5.91. The first-order chi connectivity index (χ1) is 9.13. The second-order valence-corrected chi connectivity index (χ2v) is 4.18. The van der Waals surface area contributed by atoms with Crippen LogP contribution in [0.3, 0.4) is 0 Å². The zero-order valence-electron chi connectivity index (χ0n) is 11.1. The van der Waals surface area contributed by atoms with E-state index in [1.54, 1.807) is 0 Å². The first kappa shape index (κ1) is 13.1. The van der Waals surface area contributed by atoms with Crippen LogP contribution in [0.1, 0.15) is 18.2 Å². The fourth-order valence-electron chi connectivity index (χ4n) is 1.94. The minimum Gasteiger partial charge on any atom is -0.466 e. The summed E-state index contributed by atoms with van der Waals surface area (Å²) in [6.07, 6.45) is 1.44. The summed E-state index contributed by atoms with van der Waals surface area (Å²) in [5.41, 5.74) is 3.28. The van der Waals surface area contributed by atoms with Gasteiger partial charge in [-0.1, -0.05) is 35.5 Å². The van der Waals surface area contributed by atoms with Gasteiger partial charge in [-0.3, -0.25) is 0 Å². The fourth-order valence-corrected chi connectivity index (χ4v) is 1.94. The van der Waals surface area contributed by atoms with Gasteiger partial charge in [0.2, 0.25) is 0 Å². The number of nitrogens with zero attached hydrogens (tertiary/aromatic N) is 1. The summed E-state index contributed by atoms with van der Waals surface area (Å²) >= 11 is 0. The van der Waals surface area contributed by atoms with E-state index in [1.807, 2.05) is 44.2 Å². The van der Waals surface area contributed by atoms with Crippen molar-refractivity contribution in [3.8, 4) is 11.3 Å². The molecule has 0 amide bonds. The van der Waals surface area contributed by atoms with Crippen molar-refractivity contribution in [3.05, 3.63) is 47.7 Å². The molecule has 1 aromatic heterocycles. The Morgan fingerprint density at radius 2 is 2.00 bits per heavy atom. The molecule has 0 atom stereocenters. The molecule has 0 aliphatic carbocycles. The molecule has 0 saturated heterocycles. The second-order valence-electron chi connectivity index (χ2n) is 4.18. The van der Waals surface area contributed by atoms with Crippen LogP contribution in [0.4, 0.5) is 0 Å². The molecule has 0 bridgehead atoms. The molecule has 0 N–H and O–H groups in total. The molecule has 19 heavy (non-hydrogen) atoms. The number of hydrogen-bond acceptors (Lipinski definition) is 4. The average Bonchev–Trinajstić information content (AvgIpc) is 2.81. The highest BCUT2D eigenvalue weighted by Crippen LogP contribution is 2.30. The van der Waals surface area contributed by atoms with Crippen LogP contribution >= 0.6 is 0 Å². The molecule has 4 nitrogen and oxygen atoms in total. The van der Waals surface area contributed by atoms with Crippen LogP contribution in [0.25, 0.3) is 16.8 Å². The average molecular weight is 257 g/mol. The molecule has 2 rings (SSSR count). The van der Waals surface area contributed by atoms with E-state index in [9.17, 15) is 4.79 Å². The molecule has 2 aromatic rings. The Morgan fingerprint density at radius 1 is 1.32 bits per heavy atom. The molecule has 4 heteroatoms. The minimum absolute atomic E-state index is 0.392. The maximum absolute atomic E-state index is 11.3. The van der Waals surface area contributed by atoms with Gasteiger partial charge in [0.1, 0.15) is 11.5 Å². The maximum atomic E-state index is 11.3. The summed E-state index contributed by atoms with van der Waals surface area (Å²) in [6, 6.07) is 9.71. The number of benzene rings is 1. The van der Waals surface area contributed by atoms with Crippen LogP contribution in [0.2, 0.25) is 0 Å². The van der Waals surface area contributed by atoms with Crippen LogP contribution in [-0.4, -0.2) is 18.2 Å². The first-order valence-electron chi connectivity index (χ1n) is 5.91. The van der Waals surface area contributed by atoms with Crippen molar-refractivity contribution < 1.29 is 14.1 Å². The van der Waals surface area contributed by atoms with Crippen LogP contribution in [0, 0.1) is 6.92 Å². The topological polar surface area (TPSA) is 52.3 Å². The second kappa shape index (κ2) is 5.52. The number of allylic oxidation sites excluding steroid dienone is 1. The third-order valence-corrected chi connectivity index (χ3v) is 2.84. The van der Waals surface area contributed by atoms with Crippen molar-refractivity contribution in [2.24, 2.45) is 0 Å². The number of ether oxygens (including phenoxy) is 1. The van der Waals surface area contributed by atoms with Crippen LogP contribution in [-0.2, 0) is 9.53 Å². The quantitative estimate of drug-likeness (QED) is 0.625. The molecule has 1 heterocycles. The molecule has 98 valence electrons. The van der Waals surface area contributed by atoms with E-state index < -0.39 is 5.97 Å². The van der Waals surface area contributed by atoms with Crippen molar-refractivity contribution >= 4 is 11.5 Å². The van der Waals surface area contributed by atoms with Crippen molar-refractivity contribution in [1.29, 1.82) is 0 Å². The number of esters is 1. The Labute approximate surface area is 111 Å². The van der Waals surface area contributed by atoms with Gasteiger partial charge in [0, 0.05) is 17.2 Å². The molecular formula is C15H15NO3. The third-order valence-electron chi connectivity index (χ3n) is 2.84. The van der Waals surface area contributed by atoms with Crippen LogP contribution in [0.5, 0.6) is 0 Å². The van der Waals surface area contributed by atoms with Gasteiger partial charge in [0.15, 0.2) is 0 Å². The molecule has 0 saturated carbocycles. The number of aromatic nitrogens is 1. The largest absolute Gasteiger partial charge is 0.466 e. The van der Waals surface area contributed by atoms with E-state index in [0.29, 0.717) is 5.76 Å². The van der Waals surface area contributed by atoms with E-state index in [4.69, 9.17) is 4.52 Å². The maximum Gasteiger partial charge on any atom is 0.330 e. The Bertz CT molecular complexity index is 612. The fraction of sp³-hybridized carbons (Fsp3) is 0.200. The molecule has 0 aliphatic heterocycles. The number of rotatable bonds is 3. The van der Waals surface area contributed by atoms with Gasteiger partial charge in [-0.25, -0.2) is 4.79 Å². The molecule has 0 radical (unpaired) electrons. The van der Waals surface area contributed by atoms with Gasteiger partial charge in [-0.2, -0.15) is 0 Å². The molecule has 0 fully saturated rings. The highest BCUT2D eigenvalue weighted by atomic mass is 16.5. The number of carbonyl (C=O) groups is 1. The normalized spacial score (nSPS) is 11.4. The summed E-state index contributed by atoms with van der Waals surface area (Å²) in [4.78, 5) is 11.3. The lowest BCUT2D eigenvalue weighted by atomic mass is 10.0. The third kappa shape index (κ3) is 2.73. The van der Waals surface area contributed by atoms with Crippen molar-refractivity contribution in [3.63, 3.8) is 0 Å². The van der Waals surface area contributed by atoms with E-state index >= 15 is 0 Å². The van der Waals surface area contributed by atoms with Crippen LogP contribution < -0.4 is 0 Å². The molecule has 1 aromatic carbocycles. The molecular weight excluding hydrogens is 242 g/mol. The van der Waals surface area contributed by atoms with E-state index in [2.05, 4.69) is 9.89 Å². The van der Waals surface area contributed by atoms with Crippen molar-refractivity contribution in [1.82, 2.24) is 5.16 Å². The number of methoxy groups -OCH3 is 1. The van der Waals surface area contributed by atoms with Gasteiger partial charge in [-0.05, 0) is 19.4 Å². The lowest BCUT2D eigenvalue weighted by Crippen LogP contribution is -1.96. The van der Waals surface area contributed by atoms with Gasteiger partial charge in [-0.15, -0.1) is 0 Å². The Kier molecular flexibility index (Phi) is 3.80. The molecule has 0 aliphatic rings. The predicted molar refractivity (Wildman–Crippen MR) is 72.3 cm³/mol. The summed E-state index contributed by atoms with van der Waals surface area (Å²) in [5.74, 6) is 0.286. The van der Waals surface area contributed by atoms with E-state index in [1.165, 1.54) is 13.2 Å². The lowest BCUT2D eigenvalue weighted by Gasteiger charge is -2.03. The number of carbonyl (C=O) groups excluding carboxylic acids is 1. The summed E-state index contributed by atoms with van der Waals surface area (Å²) in [7, 11) is 1.35. The summed E-state index contributed by atoms with van der Waals surface area (Å²) in [6.45, 7) is 3.66. The number of hydrogen-bond donors (Lipinski definition) is 0. The highest BCUT2D eigenvalue weighted by molar-refractivity contribution is 5.93. The SMILES string of the molecule is COC(=O)C=C(C)c1c(-c2ccccc2)noc1C. The number of aryl methyl sites for hydroxylation is 1. The molecule has 0 unspecified atom stereocenters. The minimum atomic E-state index is -0.392. The van der Waals surface area contributed by atoms with E-state index in [0.717, 1.165) is 22.4 Å². The zero-order valence-corrected chi connectivity index (χ0v) is 11.1. The Hall–Kier alpha value is -2.36. The zero-order chi connectivity index (χ0) is 13.8. The molecule has 0 spiro atoms. The van der Waals surface area contributed by atoms with Crippen LogP contribution in [0.15, 0.2) is 40.9 Å². The van der Waals surface area contributed by atoms with Crippen molar-refractivity contribution in [2.75, 3.05) is 7.11 Å². The highest BCUT2D eigenvalue weighted by Gasteiger charge is 2.16. The van der Waals surface area contributed by atoms with Gasteiger partial charge in [0.25, 0.3) is 0 Å².